The molecule has 0 fully saturated rings. The highest BCUT2D eigenvalue weighted by molar-refractivity contribution is 7.89. The summed E-state index contributed by atoms with van der Waals surface area (Å²) in [5.74, 6) is 0. The molecule has 0 saturated carbocycles. The molecule has 114 valence electrons. The van der Waals surface area contributed by atoms with Crippen LogP contribution in [0.2, 0.25) is 0 Å². The molecule has 3 rings (SSSR count). The summed E-state index contributed by atoms with van der Waals surface area (Å²) in [7, 11) is -3.59. The third kappa shape index (κ3) is 2.96. The molecule has 1 aliphatic rings. The van der Waals surface area contributed by atoms with Crippen LogP contribution >= 0.6 is 0 Å². The smallest absolute Gasteiger partial charge is 0.241 e. The maximum Gasteiger partial charge on any atom is 0.241 e. The predicted octanol–water partition coefficient (Wildman–Crippen LogP) is 2.86. The average molecular weight is 315 g/mol. The standard InChI is InChI=1S/C17H17NO3S/c19-12-13-8-10-15(11-9-13)22(20,21)18-17-7-3-5-14-4-1-2-6-16(14)17/h1-2,4,6,8-12,17-18H,3,5,7H2. The number of carbonyl (C=O) groups is 1. The zero-order valence-electron chi connectivity index (χ0n) is 12.0. The van der Waals surface area contributed by atoms with Gasteiger partial charge in [0.1, 0.15) is 6.29 Å². The van der Waals surface area contributed by atoms with Gasteiger partial charge in [0, 0.05) is 11.6 Å². The van der Waals surface area contributed by atoms with Crippen molar-refractivity contribution in [3.8, 4) is 0 Å². The molecule has 2 aromatic rings. The van der Waals surface area contributed by atoms with E-state index in [0.29, 0.717) is 11.8 Å². The molecule has 2 aromatic carbocycles. The lowest BCUT2D eigenvalue weighted by Gasteiger charge is -2.26. The first kappa shape index (κ1) is 14.9. The lowest BCUT2D eigenvalue weighted by Crippen LogP contribution is -2.31. The van der Waals surface area contributed by atoms with Crippen molar-refractivity contribution in [3.05, 3.63) is 65.2 Å². The van der Waals surface area contributed by atoms with Crippen molar-refractivity contribution >= 4 is 16.3 Å². The van der Waals surface area contributed by atoms with Crippen LogP contribution in [0.1, 0.15) is 40.4 Å². The van der Waals surface area contributed by atoms with Crippen LogP contribution in [-0.2, 0) is 16.4 Å². The molecule has 1 aliphatic carbocycles. The van der Waals surface area contributed by atoms with Gasteiger partial charge >= 0.3 is 0 Å². The SMILES string of the molecule is O=Cc1ccc(S(=O)(=O)NC2CCCc3ccccc32)cc1. The molecule has 0 bridgehead atoms. The Labute approximate surface area is 130 Å². The molecule has 0 amide bonds. The van der Waals surface area contributed by atoms with Gasteiger partial charge in [-0.3, -0.25) is 4.79 Å². The van der Waals surface area contributed by atoms with E-state index < -0.39 is 10.0 Å². The third-order valence-electron chi connectivity index (χ3n) is 3.99. The van der Waals surface area contributed by atoms with Crippen molar-refractivity contribution in [2.75, 3.05) is 0 Å². The molecular formula is C17H17NO3S. The van der Waals surface area contributed by atoms with E-state index in [1.165, 1.54) is 29.8 Å². The number of hydrogen-bond acceptors (Lipinski definition) is 3. The van der Waals surface area contributed by atoms with E-state index >= 15 is 0 Å². The van der Waals surface area contributed by atoms with E-state index in [1.54, 1.807) is 0 Å². The summed E-state index contributed by atoms with van der Waals surface area (Å²) in [5.41, 5.74) is 2.72. The highest BCUT2D eigenvalue weighted by atomic mass is 32.2. The number of benzene rings is 2. The van der Waals surface area contributed by atoms with Gasteiger partial charge in [0.05, 0.1) is 4.90 Å². The van der Waals surface area contributed by atoms with Crippen molar-refractivity contribution in [2.24, 2.45) is 0 Å². The van der Waals surface area contributed by atoms with Gasteiger partial charge in [-0.1, -0.05) is 36.4 Å². The zero-order valence-corrected chi connectivity index (χ0v) is 12.8. The van der Waals surface area contributed by atoms with Crippen LogP contribution in [0.5, 0.6) is 0 Å². The van der Waals surface area contributed by atoms with Crippen molar-refractivity contribution in [1.82, 2.24) is 4.72 Å². The molecular weight excluding hydrogens is 298 g/mol. The molecule has 4 nitrogen and oxygen atoms in total. The number of hydrogen-bond donors (Lipinski definition) is 1. The second-order valence-electron chi connectivity index (χ2n) is 5.45. The van der Waals surface area contributed by atoms with Gasteiger partial charge in [0.2, 0.25) is 10.0 Å². The predicted molar refractivity (Wildman–Crippen MR) is 84.3 cm³/mol. The van der Waals surface area contributed by atoms with Crippen LogP contribution in [-0.4, -0.2) is 14.7 Å². The second kappa shape index (κ2) is 6.02. The van der Waals surface area contributed by atoms with Gasteiger partial charge in [-0.15, -0.1) is 0 Å². The van der Waals surface area contributed by atoms with Crippen LogP contribution in [0.15, 0.2) is 53.4 Å². The maximum absolute atomic E-state index is 12.5. The summed E-state index contributed by atoms with van der Waals surface area (Å²) in [6.45, 7) is 0. The second-order valence-corrected chi connectivity index (χ2v) is 7.17. The molecule has 1 atom stereocenters. The normalized spacial score (nSPS) is 17.7. The van der Waals surface area contributed by atoms with Gasteiger partial charge in [-0.2, -0.15) is 0 Å². The fraction of sp³-hybridized carbons (Fsp3) is 0.235. The molecule has 0 aromatic heterocycles. The van der Waals surface area contributed by atoms with E-state index in [-0.39, 0.29) is 10.9 Å². The first-order valence-electron chi connectivity index (χ1n) is 7.25. The van der Waals surface area contributed by atoms with E-state index in [0.717, 1.165) is 24.8 Å². The Kier molecular flexibility index (Phi) is 4.09. The number of aldehydes is 1. The number of rotatable bonds is 4. The van der Waals surface area contributed by atoms with Crippen LogP contribution in [0, 0.1) is 0 Å². The van der Waals surface area contributed by atoms with Gasteiger partial charge in [0.15, 0.2) is 0 Å². The van der Waals surface area contributed by atoms with E-state index in [2.05, 4.69) is 10.8 Å². The molecule has 0 radical (unpaired) electrons. The monoisotopic (exact) mass is 315 g/mol. The molecule has 1 N–H and O–H groups in total. The summed E-state index contributed by atoms with van der Waals surface area (Å²) in [4.78, 5) is 10.8. The fourth-order valence-electron chi connectivity index (χ4n) is 2.86. The Morgan fingerprint density at radius 3 is 2.50 bits per heavy atom. The minimum absolute atomic E-state index is 0.182. The first-order valence-corrected chi connectivity index (χ1v) is 8.74. The van der Waals surface area contributed by atoms with Crippen LogP contribution < -0.4 is 4.72 Å². The van der Waals surface area contributed by atoms with Gasteiger partial charge in [0.25, 0.3) is 0 Å². The quantitative estimate of drug-likeness (QED) is 0.882. The molecule has 22 heavy (non-hydrogen) atoms. The van der Waals surface area contributed by atoms with Crippen molar-refractivity contribution < 1.29 is 13.2 Å². The Balaban J connectivity index is 1.87. The average Bonchev–Trinajstić information content (AvgIpc) is 2.55. The summed E-state index contributed by atoms with van der Waals surface area (Å²) < 4.78 is 27.8. The third-order valence-corrected chi connectivity index (χ3v) is 5.48. The van der Waals surface area contributed by atoms with E-state index in [4.69, 9.17) is 0 Å². The molecule has 0 heterocycles. The molecule has 0 aliphatic heterocycles. The summed E-state index contributed by atoms with van der Waals surface area (Å²) in [6, 6.07) is 13.7. The number of carbonyl (C=O) groups excluding carboxylic acids is 1. The number of sulfonamides is 1. The highest BCUT2D eigenvalue weighted by Gasteiger charge is 2.25. The summed E-state index contributed by atoms with van der Waals surface area (Å²) in [5, 5.41) is 0. The Morgan fingerprint density at radius 2 is 1.77 bits per heavy atom. The Bertz CT molecular complexity index is 782. The molecule has 0 spiro atoms. The maximum atomic E-state index is 12.5. The minimum Gasteiger partial charge on any atom is -0.298 e. The van der Waals surface area contributed by atoms with E-state index in [1.807, 2.05) is 18.2 Å². The lowest BCUT2D eigenvalue weighted by atomic mass is 9.88. The van der Waals surface area contributed by atoms with Crippen molar-refractivity contribution in [2.45, 2.75) is 30.2 Å². The number of aryl methyl sites for hydroxylation is 1. The molecule has 1 unspecified atom stereocenters. The Hall–Kier alpha value is -1.98. The van der Waals surface area contributed by atoms with Crippen LogP contribution in [0.3, 0.4) is 0 Å². The van der Waals surface area contributed by atoms with Gasteiger partial charge < -0.3 is 0 Å². The van der Waals surface area contributed by atoms with Gasteiger partial charge in [-0.05, 0) is 42.5 Å². The lowest BCUT2D eigenvalue weighted by molar-refractivity contribution is 0.112. The van der Waals surface area contributed by atoms with Crippen LogP contribution in [0.25, 0.3) is 0 Å². The summed E-state index contributed by atoms with van der Waals surface area (Å²) >= 11 is 0. The highest BCUT2D eigenvalue weighted by Crippen LogP contribution is 2.30. The van der Waals surface area contributed by atoms with Gasteiger partial charge in [-0.25, -0.2) is 13.1 Å². The topological polar surface area (TPSA) is 63.2 Å². The molecule has 5 heteroatoms. The number of nitrogens with one attached hydrogen (secondary N) is 1. The van der Waals surface area contributed by atoms with E-state index in [9.17, 15) is 13.2 Å². The fourth-order valence-corrected chi connectivity index (χ4v) is 4.11. The molecule has 0 saturated heterocycles. The minimum atomic E-state index is -3.59. The zero-order chi connectivity index (χ0) is 15.6. The van der Waals surface area contributed by atoms with Crippen molar-refractivity contribution in [3.63, 3.8) is 0 Å². The Morgan fingerprint density at radius 1 is 1.05 bits per heavy atom. The largest absolute Gasteiger partial charge is 0.298 e. The number of fused-ring (bicyclic) bond motifs is 1. The van der Waals surface area contributed by atoms with Crippen molar-refractivity contribution in [1.29, 1.82) is 0 Å². The first-order chi connectivity index (χ1) is 10.6. The summed E-state index contributed by atoms with van der Waals surface area (Å²) in [6.07, 6.45) is 3.45. The van der Waals surface area contributed by atoms with Crippen LogP contribution in [0.4, 0.5) is 0 Å².